The molecule has 2 heteroatoms. The summed E-state index contributed by atoms with van der Waals surface area (Å²) in [5.41, 5.74) is 0. The van der Waals surface area contributed by atoms with Crippen molar-refractivity contribution in [2.24, 2.45) is 29.6 Å². The van der Waals surface area contributed by atoms with Crippen molar-refractivity contribution in [1.29, 1.82) is 0 Å². The molecule has 3 rings (SSSR count). The predicted molar refractivity (Wildman–Crippen MR) is 117 cm³/mol. The van der Waals surface area contributed by atoms with Crippen LogP contribution >= 0.6 is 0 Å². The van der Waals surface area contributed by atoms with Gasteiger partial charge in [0.05, 0.1) is 5.92 Å². The van der Waals surface area contributed by atoms with Crippen molar-refractivity contribution in [3.8, 4) is 0 Å². The maximum absolute atomic E-state index is 12.6. The molecule has 3 aliphatic carbocycles. The average Bonchev–Trinajstić information content (AvgIpc) is 2.74. The van der Waals surface area contributed by atoms with Gasteiger partial charge in [0.1, 0.15) is 6.10 Å². The Hall–Kier alpha value is -0.790. The minimum Gasteiger partial charge on any atom is -0.462 e. The first-order valence-corrected chi connectivity index (χ1v) is 12.6. The molecule has 0 aliphatic heterocycles. The van der Waals surface area contributed by atoms with E-state index in [0.29, 0.717) is 5.92 Å². The second kappa shape index (κ2) is 11.4. The number of rotatable bonds is 7. The minimum atomic E-state index is 0.110. The third-order valence-electron chi connectivity index (χ3n) is 8.00. The molecule has 0 bridgehead atoms. The number of carbonyl (C=O) groups excluding carboxylic acids is 1. The van der Waals surface area contributed by atoms with Crippen LogP contribution < -0.4 is 0 Å². The van der Waals surface area contributed by atoms with E-state index < -0.39 is 0 Å². The summed E-state index contributed by atoms with van der Waals surface area (Å²) in [6.45, 7) is 4.61. The van der Waals surface area contributed by atoms with Crippen molar-refractivity contribution in [2.75, 3.05) is 0 Å². The van der Waals surface area contributed by atoms with Gasteiger partial charge in [-0.3, -0.25) is 4.79 Å². The van der Waals surface area contributed by atoms with Crippen molar-refractivity contribution < 1.29 is 9.53 Å². The molecule has 0 heterocycles. The molecule has 0 aromatic carbocycles. The summed E-state index contributed by atoms with van der Waals surface area (Å²) >= 11 is 0. The Morgan fingerprint density at radius 1 is 0.750 bits per heavy atom. The van der Waals surface area contributed by atoms with E-state index in [1.165, 1.54) is 70.6 Å². The third-order valence-corrected chi connectivity index (χ3v) is 8.00. The fraction of sp³-hybridized carbons (Fsp3) is 0.885. The van der Waals surface area contributed by atoms with E-state index in [1.807, 2.05) is 0 Å². The minimum absolute atomic E-state index is 0.110. The summed E-state index contributed by atoms with van der Waals surface area (Å²) in [7, 11) is 0. The lowest BCUT2D eigenvalue weighted by Crippen LogP contribution is -2.30. The van der Waals surface area contributed by atoms with Gasteiger partial charge in [0.15, 0.2) is 0 Å². The maximum atomic E-state index is 12.6. The molecule has 0 spiro atoms. The van der Waals surface area contributed by atoms with Crippen molar-refractivity contribution in [2.45, 2.75) is 116 Å². The van der Waals surface area contributed by atoms with E-state index >= 15 is 0 Å². The van der Waals surface area contributed by atoms with E-state index in [2.05, 4.69) is 26.0 Å². The standard InChI is InChI=1S/C26H44O2/c1-3-5-21-14-18-25(19-15-21)28-26(27)24-16-12-23(13-17-24)11-10-22-8-6-20(4-2)7-9-22/h10-11,20-25H,3-9,12-19H2,1-2H3/b11-10+. The highest BCUT2D eigenvalue weighted by Gasteiger charge is 2.30. The summed E-state index contributed by atoms with van der Waals surface area (Å²) in [6, 6.07) is 0. The second-order valence-corrected chi connectivity index (χ2v) is 10.1. The van der Waals surface area contributed by atoms with Gasteiger partial charge in [-0.25, -0.2) is 0 Å². The van der Waals surface area contributed by atoms with Crippen LogP contribution in [0.1, 0.15) is 110 Å². The van der Waals surface area contributed by atoms with Gasteiger partial charge in [-0.15, -0.1) is 0 Å². The quantitative estimate of drug-likeness (QED) is 0.334. The molecule has 3 aliphatic rings. The van der Waals surface area contributed by atoms with Crippen LogP contribution in [0.15, 0.2) is 12.2 Å². The lowest BCUT2D eigenvalue weighted by Gasteiger charge is -2.31. The largest absolute Gasteiger partial charge is 0.462 e. The van der Waals surface area contributed by atoms with Crippen molar-refractivity contribution in [3.05, 3.63) is 12.2 Å². The molecule has 0 radical (unpaired) electrons. The molecule has 0 atom stereocenters. The molecule has 0 saturated heterocycles. The van der Waals surface area contributed by atoms with Crippen molar-refractivity contribution >= 4 is 5.97 Å². The molecule has 0 amide bonds. The summed E-state index contributed by atoms with van der Waals surface area (Å²) in [5, 5.41) is 0. The molecule has 3 fully saturated rings. The molecule has 0 aromatic heterocycles. The third kappa shape index (κ3) is 6.63. The summed E-state index contributed by atoms with van der Waals surface area (Å²) in [4.78, 5) is 12.6. The molecule has 0 N–H and O–H groups in total. The van der Waals surface area contributed by atoms with Gasteiger partial charge in [-0.1, -0.05) is 45.3 Å². The Bertz CT molecular complexity index is 473. The van der Waals surface area contributed by atoms with Crippen LogP contribution in [0.2, 0.25) is 0 Å². The highest BCUT2D eigenvalue weighted by atomic mass is 16.5. The Morgan fingerprint density at radius 3 is 1.82 bits per heavy atom. The Balaban J connectivity index is 1.32. The molecule has 2 nitrogen and oxygen atoms in total. The molecule has 160 valence electrons. The highest BCUT2D eigenvalue weighted by molar-refractivity contribution is 5.72. The Kier molecular flexibility index (Phi) is 8.93. The normalized spacial score (nSPS) is 37.1. The van der Waals surface area contributed by atoms with Crippen LogP contribution in [0.5, 0.6) is 0 Å². The van der Waals surface area contributed by atoms with E-state index in [-0.39, 0.29) is 18.0 Å². The van der Waals surface area contributed by atoms with Gasteiger partial charge >= 0.3 is 5.97 Å². The SMILES string of the molecule is CCCC1CCC(OC(=O)C2CCC(/C=C/C3CCC(CC)CC3)CC2)CC1. The Labute approximate surface area is 173 Å². The fourth-order valence-electron chi connectivity index (χ4n) is 5.86. The zero-order chi connectivity index (χ0) is 19.8. The monoisotopic (exact) mass is 388 g/mol. The Morgan fingerprint density at radius 2 is 1.29 bits per heavy atom. The van der Waals surface area contributed by atoms with E-state index in [0.717, 1.165) is 43.4 Å². The van der Waals surface area contributed by atoms with Crippen LogP contribution in [-0.2, 0) is 9.53 Å². The van der Waals surface area contributed by atoms with Gasteiger partial charge in [0.25, 0.3) is 0 Å². The number of carbonyl (C=O) groups is 1. The first kappa shape index (κ1) is 21.9. The lowest BCUT2D eigenvalue weighted by molar-refractivity contribution is -0.157. The second-order valence-electron chi connectivity index (χ2n) is 10.1. The zero-order valence-corrected chi connectivity index (χ0v) is 18.5. The average molecular weight is 389 g/mol. The number of hydrogen-bond donors (Lipinski definition) is 0. The van der Waals surface area contributed by atoms with Gasteiger partial charge in [-0.2, -0.15) is 0 Å². The lowest BCUT2D eigenvalue weighted by atomic mass is 9.78. The maximum Gasteiger partial charge on any atom is 0.309 e. The molecule has 28 heavy (non-hydrogen) atoms. The molecule has 0 aromatic rings. The van der Waals surface area contributed by atoms with Crippen LogP contribution in [0.3, 0.4) is 0 Å². The molecular weight excluding hydrogens is 344 g/mol. The molecular formula is C26H44O2. The van der Waals surface area contributed by atoms with E-state index in [1.54, 1.807) is 0 Å². The number of allylic oxidation sites excluding steroid dienone is 2. The highest BCUT2D eigenvalue weighted by Crippen LogP contribution is 2.35. The number of esters is 1. The fourth-order valence-corrected chi connectivity index (χ4v) is 5.86. The zero-order valence-electron chi connectivity index (χ0n) is 18.5. The summed E-state index contributed by atoms with van der Waals surface area (Å²) in [6.07, 6.45) is 23.9. The summed E-state index contributed by atoms with van der Waals surface area (Å²) in [5.74, 6) is 3.63. The van der Waals surface area contributed by atoms with Gasteiger partial charge < -0.3 is 4.74 Å². The first-order valence-electron chi connectivity index (χ1n) is 12.6. The van der Waals surface area contributed by atoms with E-state index in [4.69, 9.17) is 4.74 Å². The van der Waals surface area contributed by atoms with Crippen LogP contribution in [-0.4, -0.2) is 12.1 Å². The topological polar surface area (TPSA) is 26.3 Å². The predicted octanol–water partition coefficient (Wildman–Crippen LogP) is 7.47. The van der Waals surface area contributed by atoms with Crippen LogP contribution in [0.25, 0.3) is 0 Å². The first-order chi connectivity index (χ1) is 13.7. The smallest absolute Gasteiger partial charge is 0.309 e. The number of hydrogen-bond acceptors (Lipinski definition) is 2. The molecule has 0 unspecified atom stereocenters. The van der Waals surface area contributed by atoms with Crippen LogP contribution in [0, 0.1) is 29.6 Å². The summed E-state index contributed by atoms with van der Waals surface area (Å²) < 4.78 is 5.91. The molecule has 3 saturated carbocycles. The van der Waals surface area contributed by atoms with E-state index in [9.17, 15) is 4.79 Å². The van der Waals surface area contributed by atoms with Gasteiger partial charge in [-0.05, 0) is 101 Å². The van der Waals surface area contributed by atoms with Gasteiger partial charge in [0.2, 0.25) is 0 Å². The number of ether oxygens (including phenoxy) is 1. The van der Waals surface area contributed by atoms with Gasteiger partial charge in [0, 0.05) is 0 Å². The van der Waals surface area contributed by atoms with Crippen molar-refractivity contribution in [1.82, 2.24) is 0 Å². The van der Waals surface area contributed by atoms with Crippen LogP contribution in [0.4, 0.5) is 0 Å². The van der Waals surface area contributed by atoms with Crippen molar-refractivity contribution in [3.63, 3.8) is 0 Å².